The second-order valence-electron chi connectivity index (χ2n) is 3.59. The van der Waals surface area contributed by atoms with E-state index in [1.807, 2.05) is 26.0 Å². The van der Waals surface area contributed by atoms with Crippen LogP contribution in [0, 0.1) is 6.92 Å². The smallest absolute Gasteiger partial charge is 0.122 e. The van der Waals surface area contributed by atoms with Crippen LogP contribution in [0.4, 0.5) is 0 Å². The highest BCUT2D eigenvalue weighted by Crippen LogP contribution is 2.27. The zero-order valence-electron chi connectivity index (χ0n) is 8.80. The monoisotopic (exact) mass is 213 g/mol. The number of nitrogens with two attached hydrogens (primary N) is 1. The van der Waals surface area contributed by atoms with Crippen LogP contribution < -0.4 is 10.5 Å². The van der Waals surface area contributed by atoms with Crippen molar-refractivity contribution < 1.29 is 4.74 Å². The molecule has 3 heteroatoms. The molecule has 14 heavy (non-hydrogen) atoms. The van der Waals surface area contributed by atoms with E-state index in [4.69, 9.17) is 22.1 Å². The Hall–Kier alpha value is -0.730. The predicted molar refractivity (Wildman–Crippen MR) is 60.1 cm³/mol. The molecule has 78 valence electrons. The van der Waals surface area contributed by atoms with Gasteiger partial charge in [0.2, 0.25) is 0 Å². The van der Waals surface area contributed by atoms with Crippen molar-refractivity contribution in [3.8, 4) is 5.75 Å². The Bertz CT molecular complexity index is 323. The first kappa shape index (κ1) is 11.3. The maximum absolute atomic E-state index is 6.09. The number of rotatable bonds is 3. The number of aryl methyl sites for hydroxylation is 1. The molecule has 0 heterocycles. The van der Waals surface area contributed by atoms with Gasteiger partial charge in [0, 0.05) is 11.1 Å². The summed E-state index contributed by atoms with van der Waals surface area (Å²) in [5.74, 6) is 0.866. The Labute approximate surface area is 90.0 Å². The molecule has 0 bridgehead atoms. The van der Waals surface area contributed by atoms with Gasteiger partial charge in [-0.2, -0.15) is 0 Å². The minimum absolute atomic E-state index is 0.111. The second kappa shape index (κ2) is 4.67. The minimum atomic E-state index is 0.111. The lowest BCUT2D eigenvalue weighted by molar-refractivity contribution is 0.411. The van der Waals surface area contributed by atoms with Crippen molar-refractivity contribution in [1.29, 1.82) is 0 Å². The molecule has 0 fully saturated rings. The fraction of sp³-hybridized carbons (Fsp3) is 0.455. The molecule has 1 rings (SSSR count). The van der Waals surface area contributed by atoms with E-state index in [2.05, 4.69) is 0 Å². The van der Waals surface area contributed by atoms with Crippen LogP contribution in [0.3, 0.4) is 0 Å². The lowest BCUT2D eigenvalue weighted by atomic mass is 10.1. The molecule has 0 amide bonds. The number of ether oxygens (including phenoxy) is 1. The molecule has 2 nitrogen and oxygen atoms in total. The van der Waals surface area contributed by atoms with Gasteiger partial charge in [0.05, 0.1) is 7.11 Å². The van der Waals surface area contributed by atoms with Gasteiger partial charge >= 0.3 is 0 Å². The summed E-state index contributed by atoms with van der Waals surface area (Å²) in [7, 11) is 1.66. The zero-order valence-corrected chi connectivity index (χ0v) is 9.56. The Morgan fingerprint density at radius 2 is 2.14 bits per heavy atom. The first-order valence-corrected chi connectivity index (χ1v) is 5.01. The molecule has 1 aromatic rings. The SMILES string of the molecule is COc1cc(CC(C)N)c(Cl)cc1C. The Balaban J connectivity index is 3.04. The van der Waals surface area contributed by atoms with E-state index in [0.29, 0.717) is 0 Å². The summed E-state index contributed by atoms with van der Waals surface area (Å²) in [6.45, 7) is 3.93. The van der Waals surface area contributed by atoms with E-state index < -0.39 is 0 Å². The molecule has 0 aromatic heterocycles. The normalized spacial score (nSPS) is 12.6. The summed E-state index contributed by atoms with van der Waals surface area (Å²) in [6.07, 6.45) is 0.773. The lowest BCUT2D eigenvalue weighted by Gasteiger charge is -2.11. The van der Waals surface area contributed by atoms with Crippen molar-refractivity contribution in [1.82, 2.24) is 0 Å². The van der Waals surface area contributed by atoms with Crippen LogP contribution in [-0.4, -0.2) is 13.2 Å². The van der Waals surface area contributed by atoms with Gasteiger partial charge in [-0.05, 0) is 43.5 Å². The topological polar surface area (TPSA) is 35.2 Å². The Morgan fingerprint density at radius 3 is 2.64 bits per heavy atom. The van der Waals surface area contributed by atoms with Gasteiger partial charge in [0.25, 0.3) is 0 Å². The minimum Gasteiger partial charge on any atom is -0.496 e. The average molecular weight is 214 g/mol. The number of hydrogen-bond donors (Lipinski definition) is 1. The Kier molecular flexibility index (Phi) is 3.78. The third kappa shape index (κ3) is 2.63. The van der Waals surface area contributed by atoms with Crippen molar-refractivity contribution in [3.63, 3.8) is 0 Å². The molecule has 1 atom stereocenters. The van der Waals surface area contributed by atoms with Crippen LogP contribution in [0.1, 0.15) is 18.1 Å². The van der Waals surface area contributed by atoms with Gasteiger partial charge in [0.1, 0.15) is 5.75 Å². The number of halogens is 1. The molecule has 0 radical (unpaired) electrons. The molecule has 0 saturated carbocycles. The predicted octanol–water partition coefficient (Wildman–Crippen LogP) is 2.55. The maximum atomic E-state index is 6.09. The fourth-order valence-electron chi connectivity index (χ4n) is 1.42. The van der Waals surface area contributed by atoms with Crippen LogP contribution in [0.2, 0.25) is 5.02 Å². The van der Waals surface area contributed by atoms with Crippen LogP contribution >= 0.6 is 11.6 Å². The number of benzene rings is 1. The van der Waals surface area contributed by atoms with Crippen molar-refractivity contribution in [2.75, 3.05) is 7.11 Å². The van der Waals surface area contributed by atoms with Gasteiger partial charge in [-0.3, -0.25) is 0 Å². The zero-order chi connectivity index (χ0) is 10.7. The molecule has 0 aliphatic carbocycles. The first-order valence-electron chi connectivity index (χ1n) is 4.63. The molecule has 2 N–H and O–H groups in total. The molecular formula is C11H16ClNO. The van der Waals surface area contributed by atoms with Gasteiger partial charge in [-0.1, -0.05) is 11.6 Å². The molecule has 0 saturated heterocycles. The van der Waals surface area contributed by atoms with E-state index >= 15 is 0 Å². The van der Waals surface area contributed by atoms with Gasteiger partial charge < -0.3 is 10.5 Å². The largest absolute Gasteiger partial charge is 0.496 e. The van der Waals surface area contributed by atoms with E-state index in [9.17, 15) is 0 Å². The molecular weight excluding hydrogens is 198 g/mol. The van der Waals surface area contributed by atoms with Crippen LogP contribution in [0.5, 0.6) is 5.75 Å². The quantitative estimate of drug-likeness (QED) is 0.838. The van der Waals surface area contributed by atoms with Crippen molar-refractivity contribution >= 4 is 11.6 Å². The van der Waals surface area contributed by atoms with Gasteiger partial charge in [-0.25, -0.2) is 0 Å². The van der Waals surface area contributed by atoms with Crippen LogP contribution in [0.25, 0.3) is 0 Å². The van der Waals surface area contributed by atoms with E-state index in [1.165, 1.54) is 0 Å². The lowest BCUT2D eigenvalue weighted by Crippen LogP contribution is -2.18. The van der Waals surface area contributed by atoms with Gasteiger partial charge in [-0.15, -0.1) is 0 Å². The third-order valence-electron chi connectivity index (χ3n) is 2.11. The summed E-state index contributed by atoms with van der Waals surface area (Å²) in [5.41, 5.74) is 7.82. The molecule has 0 aliphatic rings. The molecule has 0 spiro atoms. The fourth-order valence-corrected chi connectivity index (χ4v) is 1.71. The summed E-state index contributed by atoms with van der Waals surface area (Å²) >= 11 is 6.09. The highest BCUT2D eigenvalue weighted by Gasteiger charge is 2.07. The van der Waals surface area contributed by atoms with E-state index in [-0.39, 0.29) is 6.04 Å². The number of hydrogen-bond acceptors (Lipinski definition) is 2. The molecule has 1 aromatic carbocycles. The Morgan fingerprint density at radius 1 is 1.50 bits per heavy atom. The second-order valence-corrected chi connectivity index (χ2v) is 4.00. The van der Waals surface area contributed by atoms with Gasteiger partial charge in [0.15, 0.2) is 0 Å². The molecule has 1 unspecified atom stereocenters. The average Bonchev–Trinajstić information content (AvgIpc) is 2.09. The summed E-state index contributed by atoms with van der Waals surface area (Å²) in [5, 5.41) is 0.764. The summed E-state index contributed by atoms with van der Waals surface area (Å²) in [6, 6.07) is 3.99. The standard InChI is InChI=1S/C11H16ClNO/c1-7-4-10(12)9(5-8(2)13)6-11(7)14-3/h4,6,8H,5,13H2,1-3H3. The number of methoxy groups -OCH3 is 1. The highest BCUT2D eigenvalue weighted by atomic mass is 35.5. The summed E-state index contributed by atoms with van der Waals surface area (Å²) in [4.78, 5) is 0. The highest BCUT2D eigenvalue weighted by molar-refractivity contribution is 6.31. The third-order valence-corrected chi connectivity index (χ3v) is 2.46. The summed E-state index contributed by atoms with van der Waals surface area (Å²) < 4.78 is 5.22. The van der Waals surface area contributed by atoms with Crippen molar-refractivity contribution in [2.24, 2.45) is 5.73 Å². The van der Waals surface area contributed by atoms with Crippen LogP contribution in [-0.2, 0) is 6.42 Å². The van der Waals surface area contributed by atoms with E-state index in [1.54, 1.807) is 7.11 Å². The first-order chi connectivity index (χ1) is 6.54. The van der Waals surface area contributed by atoms with E-state index in [0.717, 1.165) is 28.3 Å². The maximum Gasteiger partial charge on any atom is 0.122 e. The van der Waals surface area contributed by atoms with Crippen molar-refractivity contribution in [3.05, 3.63) is 28.3 Å². The molecule has 0 aliphatic heterocycles. The van der Waals surface area contributed by atoms with Crippen LogP contribution in [0.15, 0.2) is 12.1 Å². The van der Waals surface area contributed by atoms with Crippen molar-refractivity contribution in [2.45, 2.75) is 26.3 Å².